The summed E-state index contributed by atoms with van der Waals surface area (Å²) in [7, 11) is 0. The van der Waals surface area contributed by atoms with E-state index < -0.39 is 150 Å². The van der Waals surface area contributed by atoms with Gasteiger partial charge in [-0.2, -0.15) is 79.0 Å². The Bertz CT molecular complexity index is 8540. The van der Waals surface area contributed by atoms with Gasteiger partial charge in [0.1, 0.15) is 11.1 Å². The van der Waals surface area contributed by atoms with Crippen molar-refractivity contribution >= 4 is 151 Å². The number of aromatic carboxylic acids is 2. The summed E-state index contributed by atoms with van der Waals surface area (Å²) in [6.07, 6.45) is -16.5. The van der Waals surface area contributed by atoms with E-state index in [1.165, 1.54) is 182 Å². The van der Waals surface area contributed by atoms with Gasteiger partial charge in [0.15, 0.2) is 0 Å². The molecule has 0 saturated carbocycles. The first-order valence-electron chi connectivity index (χ1n) is 44.3. The van der Waals surface area contributed by atoms with Crippen LogP contribution >= 0.6 is 0 Å². The number of hydrogen-bond donors (Lipinski definition) is 4. The van der Waals surface area contributed by atoms with Crippen molar-refractivity contribution in [2.24, 2.45) is 0 Å². The molecule has 6 aromatic carbocycles. The Labute approximate surface area is 850 Å². The fourth-order valence-electron chi connectivity index (χ4n) is 19.0. The normalized spacial score (nSPS) is 12.8. The molecule has 0 atom stereocenters. The Morgan fingerprint density at radius 1 is 0.236 bits per heavy atom. The van der Waals surface area contributed by atoms with Gasteiger partial charge in [0.25, 0.3) is 0 Å². The topological polar surface area (TPSA) is 240 Å². The van der Waals surface area contributed by atoms with E-state index in [1.807, 2.05) is 0 Å². The monoisotopic (exact) mass is 2110 g/mol. The number of aromatic nitrogens is 12. The van der Waals surface area contributed by atoms with E-state index in [0.29, 0.717) is 55.6 Å². The molecule has 4 N–H and O–H groups in total. The molecule has 16 nitrogen and oxygen atoms in total. The summed E-state index contributed by atoms with van der Waals surface area (Å²) in [6.45, 7) is 6.62. The second-order valence-corrected chi connectivity index (χ2v) is 34.6. The van der Waals surface area contributed by atoms with Crippen LogP contribution in [0.5, 0.6) is 0 Å². The predicted octanol–water partition coefficient (Wildman–Crippen LogP) is 28.6. The number of hydrogen-bond acceptors (Lipinski definition) is 8. The predicted molar refractivity (Wildman–Crippen MR) is 520 cm³/mol. The van der Waals surface area contributed by atoms with Gasteiger partial charge in [-0.15, -0.1) is 44.1 Å². The van der Waals surface area contributed by atoms with Gasteiger partial charge >= 0.3 is 88.0 Å². The Kier molecular flexibility index (Phi) is 25.2. The Balaban J connectivity index is 0.00000689. The standard InChI is InChI=1S/C112H62F18N12O4.2Zn/c1-53-49-59(7-5-57-9-13-61(14-10-57)93-67-25-37-79(131-67)99(107(113,114)115)83-41-29-71(135-83)95(63-17-21-65(22-18-63)105(143)144)72-30-42-84(136-72)100(108(116,117)118)80-38-26-68(93)132-80)50-54(2)91(53)97-75-33-45-87(139-75)103(111(125,126)127)89-47-35-77(141-89)98(78-36-48-90(142-78)104(112(128,129)130)88-46-34-76(97)140-88)92-55(3)51-60(52-56(92)4)8-6-58-11-15-62(16-12-58)94-69-27-39-81(133-69)101(109(119,120)121)85-43-31-73(137-85)96(64-19-23-66(24-20-64)106(145)146)74-32-44-86(138-74)102(110(122,123)124)82-40-28-70(94)134-82;;/h9-52H,1-4H3,(H6-2,131,132,133,134,135,136,137,138,139,140,141,142,143,144,145,146);;/q-2;2*+2/p-2. The minimum Gasteiger partial charge on any atom is -0.657 e. The quantitative estimate of drug-likeness (QED) is 0.0629. The zero-order chi connectivity index (χ0) is 103. The number of aromatic amines is 2. The SMILES string of the molecule is Cc1cc(C#Cc2ccc(-c3c4nc(c(C(F)(F)F)c5ccc([n-]5)c(-c5ccc(C(=O)O)cc5)c5nc(c(C(F)(F)F)c6ccc3[n-]6)C=C5)C=C4)cc2)cc(C)c1-c1c2nc(c(C(F)(F)F)c3ccc([nH]3)c(-c3c(C)cc(C#Cc4ccc(-c5c6nc(c(C(F)(F)F)c7ccc([n-]7)c(-c7ccc(C(=O)O)cc7)c7nc(c(C(F)(F)F)c8ccc5[n-]8)C=C7)C=C6)cc4)cc3C)c3nc(c(C(F)(F)F)c4ccc1[nH]4)C=C3)C=C2.[Zn+2].[Zn+2]. The van der Waals surface area contributed by atoms with Gasteiger partial charge in [0, 0.05) is 44.4 Å². The van der Waals surface area contributed by atoms with Crippen molar-refractivity contribution in [3.05, 3.63) is 351 Å². The Morgan fingerprint density at radius 3 is 0.662 bits per heavy atom. The first-order valence-corrected chi connectivity index (χ1v) is 44.3. The van der Waals surface area contributed by atoms with Crippen molar-refractivity contribution in [1.29, 1.82) is 0 Å². The molecule has 15 heterocycles. The summed E-state index contributed by atoms with van der Waals surface area (Å²) in [5, 5.41) is 19.3. The van der Waals surface area contributed by atoms with E-state index in [0.717, 1.165) is 60.7 Å². The molecule has 0 radical (unpaired) electrons. The Morgan fingerprint density at radius 2 is 0.432 bits per heavy atom. The van der Waals surface area contributed by atoms with Crippen LogP contribution in [0.4, 0.5) is 79.0 Å². The molecule has 0 unspecified atom stereocenters. The fourth-order valence-corrected chi connectivity index (χ4v) is 19.0. The van der Waals surface area contributed by atoms with Crippen molar-refractivity contribution in [3.8, 4) is 90.4 Å². The number of H-pyrrole nitrogens is 2. The maximum atomic E-state index is 16.2. The van der Waals surface area contributed by atoms with Crippen molar-refractivity contribution in [2.45, 2.75) is 64.8 Å². The van der Waals surface area contributed by atoms with Crippen LogP contribution in [0.2, 0.25) is 0 Å². The summed E-state index contributed by atoms with van der Waals surface area (Å²) < 4.78 is 283. The average molecular weight is 2110 g/mol. The van der Waals surface area contributed by atoms with Crippen molar-refractivity contribution in [3.63, 3.8) is 0 Å². The van der Waals surface area contributed by atoms with Crippen molar-refractivity contribution in [1.82, 2.24) is 59.8 Å². The largest absolute Gasteiger partial charge is 2.00 e. The second-order valence-electron chi connectivity index (χ2n) is 34.6. The van der Waals surface area contributed by atoms with Crippen LogP contribution < -0.4 is 19.9 Å². The fraction of sp³-hybridized carbons (Fsp3) is 0.0893. The van der Waals surface area contributed by atoms with E-state index in [-0.39, 0.29) is 173 Å². The van der Waals surface area contributed by atoms with Gasteiger partial charge in [0.2, 0.25) is 0 Å². The van der Waals surface area contributed by atoms with E-state index in [1.54, 1.807) is 52.0 Å². The maximum absolute atomic E-state index is 16.2. The van der Waals surface area contributed by atoms with E-state index >= 15 is 79.0 Å². The van der Waals surface area contributed by atoms with Gasteiger partial charge in [-0.05, 0) is 276 Å². The summed E-state index contributed by atoms with van der Waals surface area (Å²) in [5.74, 6) is 9.74. The van der Waals surface area contributed by atoms with Gasteiger partial charge < -0.3 is 40.1 Å². The molecule has 0 fully saturated rings. The molecule has 6 aliphatic rings. The molecule has 9 aromatic heterocycles. The van der Waals surface area contributed by atoms with Crippen LogP contribution in [0.1, 0.15) is 167 Å². The molecule has 148 heavy (non-hydrogen) atoms. The van der Waals surface area contributed by atoms with Gasteiger partial charge in [-0.1, -0.05) is 121 Å². The van der Waals surface area contributed by atoms with Crippen molar-refractivity contribution in [2.75, 3.05) is 0 Å². The zero-order valence-corrected chi connectivity index (χ0v) is 82.7. The number of alkyl halides is 18. The minimum atomic E-state index is -5.14. The first kappa shape index (κ1) is 99.9. The molecule has 24 bridgehead atoms. The number of carboxylic acids is 2. The number of rotatable bonds is 8. The minimum absolute atomic E-state index is 0. The van der Waals surface area contributed by atoms with Gasteiger partial charge in [-0.3, -0.25) is 0 Å². The molecule has 0 saturated heterocycles. The zero-order valence-electron chi connectivity index (χ0n) is 76.8. The molecular weight excluding hydrogens is 2050 g/mol. The summed E-state index contributed by atoms with van der Waals surface area (Å²) >= 11 is 0. The van der Waals surface area contributed by atoms with Crippen LogP contribution in [0.25, 0.3) is 206 Å². The average Bonchev–Trinajstić information content (AvgIpc) is 1.61. The Hall–Kier alpha value is -16.8. The number of halogens is 18. The van der Waals surface area contributed by atoms with Gasteiger partial charge in [-0.25, -0.2) is 39.5 Å². The van der Waals surface area contributed by atoms with Crippen LogP contribution in [0.3, 0.4) is 0 Å². The van der Waals surface area contributed by atoms with Crippen LogP contribution in [-0.4, -0.2) is 62.0 Å². The number of nitrogens with one attached hydrogen (secondary N) is 2. The molecule has 21 rings (SSSR count). The van der Waals surface area contributed by atoms with E-state index in [2.05, 4.69) is 83.5 Å². The summed E-state index contributed by atoms with van der Waals surface area (Å²) in [6, 6.07) is 43.2. The molecule has 36 heteroatoms. The molecule has 0 aliphatic carbocycles. The third-order valence-electron chi connectivity index (χ3n) is 25.1. The number of benzene rings is 6. The molecule has 15 aromatic rings. The first-order chi connectivity index (χ1) is 69.4. The third-order valence-corrected chi connectivity index (χ3v) is 25.1. The van der Waals surface area contributed by atoms with Crippen LogP contribution in [-0.2, 0) is 76.0 Å². The smallest absolute Gasteiger partial charge is 0.657 e. The number of carboxylic acid groups (broad SMARTS) is 2. The summed E-state index contributed by atoms with van der Waals surface area (Å²) in [5.41, 5.74) is -11.3. The summed E-state index contributed by atoms with van der Waals surface area (Å²) in [4.78, 5) is 74.0. The molecular formula is C112H60F18N12O4Zn2. The van der Waals surface area contributed by atoms with Crippen LogP contribution in [0.15, 0.2) is 194 Å². The molecule has 0 spiro atoms. The van der Waals surface area contributed by atoms with E-state index in [4.69, 9.17) is 0 Å². The third kappa shape index (κ3) is 18.7. The van der Waals surface area contributed by atoms with Crippen LogP contribution in [0, 0.1) is 51.4 Å². The number of carbonyl (C=O) groups is 2. The number of nitrogens with zero attached hydrogens (tertiary/aromatic N) is 10. The number of fused-ring (bicyclic) bond motifs is 24. The molecule has 0 amide bonds. The maximum Gasteiger partial charge on any atom is 2.00 e. The molecule has 722 valence electrons. The van der Waals surface area contributed by atoms with Gasteiger partial charge in [0.05, 0.1) is 113 Å². The van der Waals surface area contributed by atoms with E-state index in [9.17, 15) is 19.8 Å². The second kappa shape index (κ2) is 37.3. The van der Waals surface area contributed by atoms with Crippen molar-refractivity contribution < 1.29 is 138 Å². The number of aryl methyl sites for hydroxylation is 4. The molecule has 6 aliphatic heterocycles.